The van der Waals surface area contributed by atoms with Crippen LogP contribution in [0.1, 0.15) is 5.56 Å². The van der Waals surface area contributed by atoms with E-state index in [1.807, 2.05) is 6.07 Å². The van der Waals surface area contributed by atoms with Gasteiger partial charge in [-0.3, -0.25) is 4.57 Å². The minimum atomic E-state index is -0.299. The minimum Gasteiger partial charge on any atom is -0.369 e. The average molecular weight is 355 g/mol. The maximum atomic E-state index is 13.6. The van der Waals surface area contributed by atoms with E-state index < -0.39 is 0 Å². The third-order valence-electron chi connectivity index (χ3n) is 3.11. The first-order chi connectivity index (χ1) is 9.47. The number of rotatable bonds is 1. The highest BCUT2D eigenvalue weighted by Crippen LogP contribution is 2.31. The lowest BCUT2D eigenvalue weighted by Gasteiger charge is -2.10. The van der Waals surface area contributed by atoms with E-state index in [4.69, 9.17) is 17.3 Å². The van der Waals surface area contributed by atoms with Crippen LogP contribution in [0, 0.1) is 12.7 Å². The van der Waals surface area contributed by atoms with Crippen LogP contribution < -0.4 is 5.73 Å². The van der Waals surface area contributed by atoms with Crippen LogP contribution in [0.3, 0.4) is 0 Å². The van der Waals surface area contributed by atoms with E-state index in [-0.39, 0.29) is 11.8 Å². The fraction of sp³-hybridized carbons (Fsp3) is 0.0714. The number of fused-ring (bicyclic) bond motifs is 1. The molecule has 20 heavy (non-hydrogen) atoms. The molecule has 1 heterocycles. The lowest BCUT2D eigenvalue weighted by Crippen LogP contribution is -2.01. The standard InChI is InChI=1S/C14H10BrClFN3/c1-7-4-13-11(6-10(7)17)19-14(18)20(13)12-5-8(16)2-3-9(12)15/h2-6H,1H3,(H2,18,19). The number of anilines is 1. The van der Waals surface area contributed by atoms with Gasteiger partial charge in [0, 0.05) is 15.6 Å². The van der Waals surface area contributed by atoms with Crippen LogP contribution in [0.25, 0.3) is 16.7 Å². The molecule has 3 nitrogen and oxygen atoms in total. The van der Waals surface area contributed by atoms with Crippen molar-refractivity contribution in [3.05, 3.63) is 51.2 Å². The summed E-state index contributed by atoms with van der Waals surface area (Å²) in [6.07, 6.45) is 0. The van der Waals surface area contributed by atoms with Crippen molar-refractivity contribution >= 4 is 44.5 Å². The summed E-state index contributed by atoms with van der Waals surface area (Å²) < 4.78 is 16.2. The molecule has 0 aliphatic rings. The maximum absolute atomic E-state index is 13.6. The Bertz CT molecular complexity index is 829. The summed E-state index contributed by atoms with van der Waals surface area (Å²) in [6.45, 7) is 1.70. The maximum Gasteiger partial charge on any atom is 0.205 e. The summed E-state index contributed by atoms with van der Waals surface area (Å²) in [4.78, 5) is 4.20. The van der Waals surface area contributed by atoms with Gasteiger partial charge < -0.3 is 5.73 Å². The molecule has 0 spiro atoms. The van der Waals surface area contributed by atoms with Gasteiger partial charge in [0.05, 0.1) is 16.7 Å². The van der Waals surface area contributed by atoms with E-state index >= 15 is 0 Å². The number of nitrogens with two attached hydrogens (primary N) is 1. The quantitative estimate of drug-likeness (QED) is 0.700. The number of aromatic nitrogens is 2. The number of nitrogens with zero attached hydrogens (tertiary/aromatic N) is 2. The molecule has 0 atom stereocenters. The molecule has 0 aliphatic heterocycles. The van der Waals surface area contributed by atoms with Crippen LogP contribution in [0.5, 0.6) is 0 Å². The molecule has 0 aliphatic carbocycles. The molecule has 0 saturated heterocycles. The highest BCUT2D eigenvalue weighted by molar-refractivity contribution is 9.10. The van der Waals surface area contributed by atoms with Gasteiger partial charge in [0.2, 0.25) is 5.95 Å². The zero-order chi connectivity index (χ0) is 14.4. The van der Waals surface area contributed by atoms with E-state index in [0.717, 1.165) is 15.7 Å². The second kappa shape index (κ2) is 4.75. The third-order valence-corrected chi connectivity index (χ3v) is 4.02. The lowest BCUT2D eigenvalue weighted by molar-refractivity contribution is 0.620. The van der Waals surface area contributed by atoms with Crippen molar-refractivity contribution in [1.82, 2.24) is 9.55 Å². The monoisotopic (exact) mass is 353 g/mol. The van der Waals surface area contributed by atoms with Crippen LogP contribution in [-0.4, -0.2) is 9.55 Å². The molecule has 0 radical (unpaired) electrons. The van der Waals surface area contributed by atoms with Crippen molar-refractivity contribution in [2.24, 2.45) is 0 Å². The van der Waals surface area contributed by atoms with Gasteiger partial charge in [0.25, 0.3) is 0 Å². The van der Waals surface area contributed by atoms with Gasteiger partial charge in [-0.1, -0.05) is 11.6 Å². The summed E-state index contributed by atoms with van der Waals surface area (Å²) in [6, 6.07) is 8.49. The SMILES string of the molecule is Cc1cc2c(cc1F)nc(N)n2-c1cc(Cl)ccc1Br. The smallest absolute Gasteiger partial charge is 0.205 e. The molecule has 2 aromatic carbocycles. The molecule has 3 aromatic rings. The molecule has 0 saturated carbocycles. The van der Waals surface area contributed by atoms with Crippen molar-refractivity contribution in [2.75, 3.05) is 5.73 Å². The first-order valence-corrected chi connectivity index (χ1v) is 7.04. The Morgan fingerprint density at radius 3 is 2.80 bits per heavy atom. The van der Waals surface area contributed by atoms with Crippen molar-refractivity contribution in [3.63, 3.8) is 0 Å². The van der Waals surface area contributed by atoms with E-state index in [2.05, 4.69) is 20.9 Å². The van der Waals surface area contributed by atoms with Crippen LogP contribution in [-0.2, 0) is 0 Å². The van der Waals surface area contributed by atoms with Crippen molar-refractivity contribution < 1.29 is 4.39 Å². The molecule has 0 bridgehead atoms. The van der Waals surface area contributed by atoms with E-state index in [9.17, 15) is 4.39 Å². The molecule has 1 aromatic heterocycles. The summed E-state index contributed by atoms with van der Waals surface area (Å²) in [5.74, 6) is -0.0136. The molecule has 2 N–H and O–H groups in total. The number of nitrogen functional groups attached to an aromatic ring is 1. The highest BCUT2D eigenvalue weighted by atomic mass is 79.9. The fourth-order valence-electron chi connectivity index (χ4n) is 2.13. The normalized spacial score (nSPS) is 11.2. The van der Waals surface area contributed by atoms with Crippen LogP contribution in [0.2, 0.25) is 5.02 Å². The number of halogens is 3. The third kappa shape index (κ3) is 2.07. The van der Waals surface area contributed by atoms with Crippen LogP contribution in [0.4, 0.5) is 10.3 Å². The zero-order valence-electron chi connectivity index (χ0n) is 10.5. The second-order valence-corrected chi connectivity index (χ2v) is 5.78. The second-order valence-electron chi connectivity index (χ2n) is 4.49. The first-order valence-electron chi connectivity index (χ1n) is 5.87. The van der Waals surface area contributed by atoms with Gasteiger partial charge >= 0.3 is 0 Å². The molecule has 0 amide bonds. The lowest BCUT2D eigenvalue weighted by atomic mass is 10.2. The van der Waals surface area contributed by atoms with Gasteiger partial charge in [0.1, 0.15) is 5.82 Å². The molecule has 0 unspecified atom stereocenters. The highest BCUT2D eigenvalue weighted by Gasteiger charge is 2.14. The molecular weight excluding hydrogens is 345 g/mol. The Labute approximate surface area is 128 Å². The largest absolute Gasteiger partial charge is 0.369 e. The van der Waals surface area contributed by atoms with E-state index in [1.54, 1.807) is 29.7 Å². The predicted octanol–water partition coefficient (Wildman–Crippen LogP) is 4.47. The number of benzene rings is 2. The van der Waals surface area contributed by atoms with E-state index in [0.29, 0.717) is 16.1 Å². The number of hydrogen-bond donors (Lipinski definition) is 1. The summed E-state index contributed by atoms with van der Waals surface area (Å²) >= 11 is 9.51. The Balaban J connectivity index is 2.38. The molecule has 6 heteroatoms. The van der Waals surface area contributed by atoms with Crippen LogP contribution in [0.15, 0.2) is 34.8 Å². The molecule has 3 rings (SSSR count). The average Bonchev–Trinajstić information content (AvgIpc) is 2.69. The number of hydrogen-bond acceptors (Lipinski definition) is 2. The predicted molar refractivity (Wildman–Crippen MR) is 82.9 cm³/mol. The number of aryl methyl sites for hydroxylation is 1. The zero-order valence-corrected chi connectivity index (χ0v) is 12.8. The van der Waals surface area contributed by atoms with Gasteiger partial charge in [-0.05, 0) is 52.7 Å². The van der Waals surface area contributed by atoms with Gasteiger partial charge in [0.15, 0.2) is 0 Å². The van der Waals surface area contributed by atoms with Gasteiger partial charge in [-0.15, -0.1) is 0 Å². The van der Waals surface area contributed by atoms with E-state index in [1.165, 1.54) is 6.07 Å². The molecule has 102 valence electrons. The van der Waals surface area contributed by atoms with Crippen molar-refractivity contribution in [3.8, 4) is 5.69 Å². The Hall–Kier alpha value is -1.59. The van der Waals surface area contributed by atoms with Gasteiger partial charge in [-0.25, -0.2) is 9.37 Å². The summed E-state index contributed by atoms with van der Waals surface area (Å²) in [7, 11) is 0. The van der Waals surface area contributed by atoms with Crippen molar-refractivity contribution in [2.45, 2.75) is 6.92 Å². The fourth-order valence-corrected chi connectivity index (χ4v) is 2.72. The van der Waals surface area contributed by atoms with Gasteiger partial charge in [-0.2, -0.15) is 0 Å². The molecule has 0 fully saturated rings. The Kier molecular flexibility index (Phi) is 3.18. The Morgan fingerprint density at radius 1 is 1.30 bits per heavy atom. The minimum absolute atomic E-state index is 0.285. The summed E-state index contributed by atoms with van der Waals surface area (Å²) in [5.41, 5.74) is 8.53. The van der Waals surface area contributed by atoms with Crippen molar-refractivity contribution in [1.29, 1.82) is 0 Å². The first kappa shape index (κ1) is 13.4. The number of imidazole rings is 1. The molecular formula is C14H10BrClFN3. The summed E-state index contributed by atoms with van der Waals surface area (Å²) in [5, 5.41) is 0.586. The topological polar surface area (TPSA) is 43.8 Å². The Morgan fingerprint density at radius 2 is 2.05 bits per heavy atom. The van der Waals surface area contributed by atoms with Crippen LogP contribution >= 0.6 is 27.5 Å².